The highest BCUT2D eigenvalue weighted by Gasteiger charge is 2.65. The van der Waals surface area contributed by atoms with E-state index in [1.165, 1.54) is 37.2 Å². The van der Waals surface area contributed by atoms with E-state index in [0.717, 1.165) is 23.7 Å². The zero-order chi connectivity index (χ0) is 15.7. The molecule has 4 saturated carbocycles. The summed E-state index contributed by atoms with van der Waals surface area (Å²) >= 11 is 4.77. The lowest BCUT2D eigenvalue weighted by Crippen LogP contribution is -2.54. The summed E-state index contributed by atoms with van der Waals surface area (Å²) in [5, 5.41) is 0. The Kier molecular flexibility index (Phi) is 3.70. The average Bonchev–Trinajstić information content (AvgIpc) is 3.13. The predicted molar refractivity (Wildman–Crippen MR) is 104 cm³/mol. The molecule has 0 aromatic heterocycles. The first-order valence-corrected chi connectivity index (χ1v) is 12.3. The molecule has 6 atom stereocenters. The summed E-state index contributed by atoms with van der Waals surface area (Å²) in [4.78, 5) is 0. The number of hydrogen-bond acceptors (Lipinski definition) is 2. The molecule has 5 fully saturated rings. The third-order valence-electron chi connectivity index (χ3n) is 9.16. The standard InChI is InChI=1S/C21H34S2/c1-19-10-8-17-16(7-6-15-5-3-4-9-20(15,17)2)18(19)21(12-11-19)22-13-14-23-21/h15-18H,3-14H2,1-2H3/t15-,16+,17-,18+,19-,20-/m1/s1. The fourth-order valence-corrected chi connectivity index (χ4v) is 12.1. The van der Waals surface area contributed by atoms with Gasteiger partial charge in [-0.1, -0.05) is 26.7 Å². The Bertz CT molecular complexity index is 482. The van der Waals surface area contributed by atoms with E-state index in [2.05, 4.69) is 37.4 Å². The van der Waals surface area contributed by atoms with E-state index in [-0.39, 0.29) is 0 Å². The number of fused-ring (bicyclic) bond motifs is 6. The van der Waals surface area contributed by atoms with Crippen molar-refractivity contribution in [1.82, 2.24) is 0 Å². The Morgan fingerprint density at radius 3 is 2.43 bits per heavy atom. The molecule has 1 spiro atoms. The summed E-state index contributed by atoms with van der Waals surface area (Å²) in [6, 6.07) is 0. The van der Waals surface area contributed by atoms with Crippen molar-refractivity contribution < 1.29 is 0 Å². The van der Waals surface area contributed by atoms with Crippen LogP contribution in [0.15, 0.2) is 0 Å². The van der Waals surface area contributed by atoms with Gasteiger partial charge >= 0.3 is 0 Å². The number of hydrogen-bond donors (Lipinski definition) is 0. The van der Waals surface area contributed by atoms with Crippen molar-refractivity contribution in [3.8, 4) is 0 Å². The third kappa shape index (κ3) is 2.12. The van der Waals surface area contributed by atoms with Crippen molar-refractivity contribution in [2.24, 2.45) is 34.5 Å². The minimum absolute atomic E-state index is 0.635. The fourth-order valence-electron chi connectivity index (χ4n) is 8.12. The largest absolute Gasteiger partial charge is 0.143 e. The van der Waals surface area contributed by atoms with Crippen LogP contribution in [0.4, 0.5) is 0 Å². The van der Waals surface area contributed by atoms with Crippen LogP contribution in [0, 0.1) is 34.5 Å². The molecule has 0 nitrogen and oxygen atoms in total. The fraction of sp³-hybridized carbons (Fsp3) is 1.00. The van der Waals surface area contributed by atoms with E-state index in [1.54, 1.807) is 38.5 Å². The van der Waals surface area contributed by atoms with Crippen LogP contribution in [-0.2, 0) is 0 Å². The average molecular weight is 351 g/mol. The smallest absolute Gasteiger partial charge is 0.0647 e. The van der Waals surface area contributed by atoms with E-state index < -0.39 is 0 Å². The molecule has 4 aliphatic carbocycles. The molecule has 1 saturated heterocycles. The Balaban J connectivity index is 1.52. The lowest BCUT2D eigenvalue weighted by molar-refractivity contribution is -0.103. The molecule has 23 heavy (non-hydrogen) atoms. The Labute approximate surface area is 151 Å². The van der Waals surface area contributed by atoms with Gasteiger partial charge in [0.15, 0.2) is 0 Å². The summed E-state index contributed by atoms with van der Waals surface area (Å²) in [5.74, 6) is 7.09. The molecule has 5 rings (SSSR count). The van der Waals surface area contributed by atoms with Crippen molar-refractivity contribution in [2.75, 3.05) is 11.5 Å². The second kappa shape index (κ2) is 5.35. The zero-order valence-electron chi connectivity index (χ0n) is 15.1. The number of rotatable bonds is 0. The summed E-state index contributed by atoms with van der Waals surface area (Å²) < 4.78 is 0.635. The van der Waals surface area contributed by atoms with Gasteiger partial charge in [0.05, 0.1) is 4.08 Å². The summed E-state index contributed by atoms with van der Waals surface area (Å²) in [7, 11) is 0. The first-order valence-electron chi connectivity index (χ1n) is 10.4. The van der Waals surface area contributed by atoms with Gasteiger partial charge in [0.2, 0.25) is 0 Å². The highest BCUT2D eigenvalue weighted by molar-refractivity contribution is 8.21. The second-order valence-corrected chi connectivity index (χ2v) is 13.1. The maximum atomic E-state index is 2.73. The van der Waals surface area contributed by atoms with Gasteiger partial charge in [0.1, 0.15) is 0 Å². The summed E-state index contributed by atoms with van der Waals surface area (Å²) in [5.41, 5.74) is 1.39. The van der Waals surface area contributed by atoms with Crippen molar-refractivity contribution in [3.63, 3.8) is 0 Å². The van der Waals surface area contributed by atoms with Gasteiger partial charge in [-0.2, -0.15) is 0 Å². The highest BCUT2D eigenvalue weighted by Crippen LogP contribution is 2.73. The molecular formula is C21H34S2. The van der Waals surface area contributed by atoms with E-state index in [0.29, 0.717) is 14.9 Å². The number of thioether (sulfide) groups is 2. The molecule has 0 amide bonds. The summed E-state index contributed by atoms with van der Waals surface area (Å²) in [6.45, 7) is 5.42. The molecule has 0 bridgehead atoms. The van der Waals surface area contributed by atoms with Crippen LogP contribution in [0.3, 0.4) is 0 Å². The SMILES string of the molecule is C[C@]12CC[C@@H]3[C@H](CC[C@H]4CCCC[C@]43C)[C@@H]1C1(CC2)SCCS1. The zero-order valence-corrected chi connectivity index (χ0v) is 16.7. The van der Waals surface area contributed by atoms with Gasteiger partial charge in [-0.3, -0.25) is 0 Å². The maximum Gasteiger partial charge on any atom is 0.0647 e. The van der Waals surface area contributed by atoms with E-state index in [9.17, 15) is 0 Å². The second-order valence-electron chi connectivity index (χ2n) is 9.98. The van der Waals surface area contributed by atoms with E-state index in [1.807, 2.05) is 0 Å². The minimum atomic E-state index is 0.635. The van der Waals surface area contributed by atoms with Crippen molar-refractivity contribution >= 4 is 23.5 Å². The molecule has 1 heterocycles. The Morgan fingerprint density at radius 1 is 0.783 bits per heavy atom. The molecule has 1 aliphatic heterocycles. The van der Waals surface area contributed by atoms with Crippen LogP contribution < -0.4 is 0 Å². The quantitative estimate of drug-likeness (QED) is 0.483. The van der Waals surface area contributed by atoms with Gasteiger partial charge in [-0.25, -0.2) is 0 Å². The molecule has 130 valence electrons. The van der Waals surface area contributed by atoms with Crippen molar-refractivity contribution in [1.29, 1.82) is 0 Å². The first-order chi connectivity index (χ1) is 11.1. The summed E-state index contributed by atoms with van der Waals surface area (Å²) in [6.07, 6.45) is 15.4. The third-order valence-corrected chi connectivity index (χ3v) is 12.8. The van der Waals surface area contributed by atoms with Crippen molar-refractivity contribution in [3.05, 3.63) is 0 Å². The predicted octanol–water partition coefficient (Wildman–Crippen LogP) is 6.60. The van der Waals surface area contributed by atoms with Crippen LogP contribution >= 0.6 is 23.5 Å². The van der Waals surface area contributed by atoms with Crippen molar-refractivity contribution in [2.45, 2.75) is 82.1 Å². The van der Waals surface area contributed by atoms with Gasteiger partial charge in [0, 0.05) is 11.5 Å². The van der Waals surface area contributed by atoms with Crippen LogP contribution in [0.2, 0.25) is 0 Å². The lowest BCUT2D eigenvalue weighted by Gasteiger charge is -2.61. The molecule has 0 aromatic rings. The molecule has 2 heteroatoms. The van der Waals surface area contributed by atoms with Gasteiger partial charge < -0.3 is 0 Å². The normalized spacial score (nSPS) is 54.5. The van der Waals surface area contributed by atoms with E-state index >= 15 is 0 Å². The minimum Gasteiger partial charge on any atom is -0.143 e. The van der Waals surface area contributed by atoms with Crippen LogP contribution in [0.5, 0.6) is 0 Å². The molecule has 0 unspecified atom stereocenters. The van der Waals surface area contributed by atoms with Gasteiger partial charge in [-0.15, -0.1) is 23.5 Å². The highest BCUT2D eigenvalue weighted by atomic mass is 32.2. The van der Waals surface area contributed by atoms with Crippen LogP contribution in [0.1, 0.15) is 78.1 Å². The monoisotopic (exact) mass is 350 g/mol. The van der Waals surface area contributed by atoms with E-state index in [4.69, 9.17) is 0 Å². The van der Waals surface area contributed by atoms with Crippen LogP contribution in [-0.4, -0.2) is 15.6 Å². The molecule has 5 aliphatic rings. The maximum absolute atomic E-state index is 2.73. The first kappa shape index (κ1) is 15.9. The Morgan fingerprint density at radius 2 is 1.61 bits per heavy atom. The lowest BCUT2D eigenvalue weighted by atomic mass is 9.45. The Hall–Kier alpha value is 0.700. The molecular weight excluding hydrogens is 316 g/mol. The topological polar surface area (TPSA) is 0 Å². The van der Waals surface area contributed by atoms with Gasteiger partial charge in [0.25, 0.3) is 0 Å². The molecule has 0 aromatic carbocycles. The van der Waals surface area contributed by atoms with Crippen LogP contribution in [0.25, 0.3) is 0 Å². The van der Waals surface area contributed by atoms with Gasteiger partial charge in [-0.05, 0) is 85.9 Å². The molecule has 0 radical (unpaired) electrons. The molecule has 0 N–H and O–H groups in total.